The maximum absolute atomic E-state index is 12.4. The van der Waals surface area contributed by atoms with Gasteiger partial charge in [0.05, 0.1) is 34.0 Å². The van der Waals surface area contributed by atoms with Crippen LogP contribution in [0.4, 0.5) is 5.82 Å². The molecule has 1 aliphatic carbocycles. The van der Waals surface area contributed by atoms with E-state index in [2.05, 4.69) is 48.7 Å². The molecule has 0 amide bonds. The number of aromatic nitrogens is 2. The van der Waals surface area contributed by atoms with Crippen molar-refractivity contribution >= 4 is 36.5 Å². The molecule has 0 aromatic carbocycles. The van der Waals surface area contributed by atoms with E-state index in [4.69, 9.17) is 16.0 Å². The van der Waals surface area contributed by atoms with Crippen LogP contribution in [0, 0.1) is 0 Å². The first kappa shape index (κ1) is 19.3. The van der Waals surface area contributed by atoms with Gasteiger partial charge in [0.15, 0.2) is 14.1 Å². The van der Waals surface area contributed by atoms with E-state index in [1.807, 2.05) is 0 Å². The maximum atomic E-state index is 12.4. The summed E-state index contributed by atoms with van der Waals surface area (Å²) in [6, 6.07) is 0. The van der Waals surface area contributed by atoms with Gasteiger partial charge in [0.25, 0.3) is 0 Å². The molecule has 0 radical (unpaired) electrons. The van der Waals surface area contributed by atoms with Crippen LogP contribution in [-0.4, -0.2) is 46.9 Å². The van der Waals surface area contributed by atoms with Crippen LogP contribution in [0.5, 0.6) is 0 Å². The molecule has 0 bridgehead atoms. The van der Waals surface area contributed by atoms with Crippen molar-refractivity contribution in [2.24, 2.45) is 0 Å². The summed E-state index contributed by atoms with van der Waals surface area (Å²) in [5.74, 6) is 1.35. The van der Waals surface area contributed by atoms with Gasteiger partial charge in [-0.2, -0.15) is 4.98 Å². The third-order valence-corrected chi connectivity index (χ3v) is 12.1. The normalized spacial score (nSPS) is 23.1. The molecule has 2 heterocycles. The molecule has 1 aromatic rings. The summed E-state index contributed by atoms with van der Waals surface area (Å²) in [5.41, 5.74) is -0.0490. The van der Waals surface area contributed by atoms with Gasteiger partial charge in [-0.05, 0) is 49.0 Å². The zero-order chi connectivity index (χ0) is 18.5. The Labute approximate surface area is 159 Å². The minimum atomic E-state index is -1.82. The molecule has 3 rings (SSSR count). The molecule has 1 fully saturated rings. The van der Waals surface area contributed by atoms with Crippen LogP contribution in [0.3, 0.4) is 0 Å². The molecule has 140 valence electrons. The first-order chi connectivity index (χ1) is 11.6. The SMILES string of the molecule is CC(C)(C)[Si](C)(C)OCC1(N2CCS(=O)c3cnc(Cl)nc32)CCC1. The van der Waals surface area contributed by atoms with Gasteiger partial charge in [-0.1, -0.05) is 20.8 Å². The van der Waals surface area contributed by atoms with E-state index in [1.165, 1.54) is 6.42 Å². The Bertz CT molecular complexity index is 689. The molecule has 1 saturated carbocycles. The van der Waals surface area contributed by atoms with Crippen molar-refractivity contribution in [3.63, 3.8) is 0 Å². The summed E-state index contributed by atoms with van der Waals surface area (Å²) in [4.78, 5) is 11.5. The van der Waals surface area contributed by atoms with E-state index in [9.17, 15) is 4.21 Å². The fourth-order valence-corrected chi connectivity index (χ4v) is 5.44. The van der Waals surface area contributed by atoms with E-state index in [-0.39, 0.29) is 15.9 Å². The average molecular weight is 402 g/mol. The zero-order valence-electron chi connectivity index (χ0n) is 15.8. The Balaban J connectivity index is 1.88. The molecule has 0 saturated heterocycles. The van der Waals surface area contributed by atoms with E-state index in [0.29, 0.717) is 17.3 Å². The molecular weight excluding hydrogens is 374 g/mol. The predicted octanol–water partition coefficient (Wildman–Crippen LogP) is 4.00. The highest BCUT2D eigenvalue weighted by Gasteiger charge is 2.48. The lowest BCUT2D eigenvalue weighted by molar-refractivity contribution is 0.120. The van der Waals surface area contributed by atoms with Gasteiger partial charge in [-0.25, -0.2) is 4.98 Å². The van der Waals surface area contributed by atoms with Gasteiger partial charge >= 0.3 is 0 Å². The van der Waals surface area contributed by atoms with Crippen LogP contribution in [0.2, 0.25) is 23.4 Å². The Morgan fingerprint density at radius 1 is 1.40 bits per heavy atom. The topological polar surface area (TPSA) is 55.3 Å². The second-order valence-electron chi connectivity index (χ2n) is 8.66. The number of hydrogen-bond donors (Lipinski definition) is 0. The fourth-order valence-electron chi connectivity index (χ4n) is 3.16. The lowest BCUT2D eigenvalue weighted by atomic mass is 9.76. The standard InChI is InChI=1S/C17H28ClN3O2SSi/c1-16(2,3)25(4,5)23-12-17(7-6-8-17)21-9-10-24(22)13-11-19-15(18)20-14(13)21/h11H,6-10,12H2,1-5H3. The van der Waals surface area contributed by atoms with Crippen LogP contribution in [0.25, 0.3) is 0 Å². The predicted molar refractivity (Wildman–Crippen MR) is 105 cm³/mol. The Morgan fingerprint density at radius 2 is 2.08 bits per heavy atom. The Hall–Kier alpha value is -0.503. The summed E-state index contributed by atoms with van der Waals surface area (Å²) in [6.07, 6.45) is 4.97. The van der Waals surface area contributed by atoms with Gasteiger partial charge < -0.3 is 9.33 Å². The molecule has 1 aromatic heterocycles. The van der Waals surface area contributed by atoms with Crippen LogP contribution >= 0.6 is 11.6 Å². The number of nitrogens with zero attached hydrogens (tertiary/aromatic N) is 3. The van der Waals surface area contributed by atoms with Crippen molar-refractivity contribution in [3.8, 4) is 0 Å². The number of rotatable bonds is 4. The van der Waals surface area contributed by atoms with E-state index in [1.54, 1.807) is 6.20 Å². The van der Waals surface area contributed by atoms with Crippen molar-refractivity contribution in [1.82, 2.24) is 9.97 Å². The Kier molecular flexibility index (Phi) is 5.07. The van der Waals surface area contributed by atoms with E-state index >= 15 is 0 Å². The maximum Gasteiger partial charge on any atom is 0.224 e. The number of fused-ring (bicyclic) bond motifs is 1. The molecule has 0 spiro atoms. The van der Waals surface area contributed by atoms with Gasteiger partial charge in [0.2, 0.25) is 5.28 Å². The van der Waals surface area contributed by atoms with Crippen LogP contribution in [0.15, 0.2) is 11.1 Å². The van der Waals surface area contributed by atoms with E-state index in [0.717, 1.165) is 25.2 Å². The first-order valence-corrected chi connectivity index (χ1v) is 13.5. The van der Waals surface area contributed by atoms with Crippen molar-refractivity contribution in [2.75, 3.05) is 23.8 Å². The minimum absolute atomic E-state index is 0.0490. The summed E-state index contributed by atoms with van der Waals surface area (Å²) in [6.45, 7) is 12.8. The second-order valence-corrected chi connectivity index (χ2v) is 15.3. The highest BCUT2D eigenvalue weighted by molar-refractivity contribution is 7.85. The fraction of sp³-hybridized carbons (Fsp3) is 0.765. The van der Waals surface area contributed by atoms with Crippen molar-refractivity contribution < 1.29 is 8.63 Å². The first-order valence-electron chi connectivity index (χ1n) is 8.88. The zero-order valence-corrected chi connectivity index (χ0v) is 18.3. The molecular formula is C17H28ClN3O2SSi. The summed E-state index contributed by atoms with van der Waals surface area (Å²) < 4.78 is 18.9. The van der Waals surface area contributed by atoms with Gasteiger partial charge in [-0.15, -0.1) is 0 Å². The van der Waals surface area contributed by atoms with Crippen molar-refractivity contribution in [1.29, 1.82) is 0 Å². The van der Waals surface area contributed by atoms with Gasteiger partial charge in [-0.3, -0.25) is 4.21 Å². The largest absolute Gasteiger partial charge is 0.414 e. The monoisotopic (exact) mass is 401 g/mol. The van der Waals surface area contributed by atoms with Crippen molar-refractivity contribution in [2.45, 2.75) is 68.6 Å². The van der Waals surface area contributed by atoms with Gasteiger partial charge in [0, 0.05) is 12.3 Å². The second kappa shape index (κ2) is 6.58. The van der Waals surface area contributed by atoms with Gasteiger partial charge in [0.1, 0.15) is 0 Å². The Morgan fingerprint density at radius 3 is 2.64 bits per heavy atom. The minimum Gasteiger partial charge on any atom is -0.414 e. The highest BCUT2D eigenvalue weighted by Crippen LogP contribution is 2.45. The molecule has 25 heavy (non-hydrogen) atoms. The summed E-state index contributed by atoms with van der Waals surface area (Å²) in [7, 11) is -2.87. The molecule has 1 aliphatic heterocycles. The van der Waals surface area contributed by atoms with Crippen LogP contribution in [0.1, 0.15) is 40.0 Å². The average Bonchev–Trinajstić information content (AvgIpc) is 2.46. The third kappa shape index (κ3) is 3.53. The highest BCUT2D eigenvalue weighted by atomic mass is 35.5. The lowest BCUT2D eigenvalue weighted by Gasteiger charge is -2.53. The molecule has 8 heteroatoms. The summed E-state index contributed by atoms with van der Waals surface area (Å²) >= 11 is 6.04. The number of hydrogen-bond acceptors (Lipinski definition) is 5. The molecule has 0 N–H and O–H groups in total. The number of anilines is 1. The molecule has 2 aliphatic rings. The molecule has 1 atom stereocenters. The van der Waals surface area contributed by atoms with Crippen LogP contribution < -0.4 is 4.90 Å². The van der Waals surface area contributed by atoms with Crippen molar-refractivity contribution in [3.05, 3.63) is 11.5 Å². The van der Waals surface area contributed by atoms with Crippen LogP contribution in [-0.2, 0) is 15.2 Å². The quantitative estimate of drug-likeness (QED) is 0.563. The molecule has 1 unspecified atom stereocenters. The smallest absolute Gasteiger partial charge is 0.224 e. The molecule has 5 nitrogen and oxygen atoms in total. The third-order valence-electron chi connectivity index (χ3n) is 6.07. The summed E-state index contributed by atoms with van der Waals surface area (Å²) in [5, 5.41) is 0.396. The van der Waals surface area contributed by atoms with E-state index < -0.39 is 19.1 Å². The lowest BCUT2D eigenvalue weighted by Crippen LogP contribution is -2.61. The number of halogens is 1.